The summed E-state index contributed by atoms with van der Waals surface area (Å²) >= 11 is 1.42. The minimum absolute atomic E-state index is 0.0533. The van der Waals surface area contributed by atoms with Gasteiger partial charge in [-0.25, -0.2) is 0 Å². The van der Waals surface area contributed by atoms with Crippen LogP contribution in [-0.4, -0.2) is 22.7 Å². The maximum atomic E-state index is 11.9. The lowest BCUT2D eigenvalue weighted by molar-refractivity contribution is 0.0919. The fraction of sp³-hybridized carbons (Fsp3) is 0.214. The van der Waals surface area contributed by atoms with E-state index in [0.29, 0.717) is 12.0 Å². The summed E-state index contributed by atoms with van der Waals surface area (Å²) in [5.41, 5.74) is 0.547. The van der Waals surface area contributed by atoms with Crippen molar-refractivity contribution in [1.29, 1.82) is 0 Å². The van der Waals surface area contributed by atoms with Gasteiger partial charge in [0, 0.05) is 30.4 Å². The molecule has 0 saturated heterocycles. The molecule has 2 rings (SSSR count). The molecule has 1 amide bonds. The number of Topliss-reactive ketones (excluding diaryl/α,β-unsaturated/α-hetero) is 1. The van der Waals surface area contributed by atoms with Gasteiger partial charge in [0.05, 0.1) is 4.88 Å². The summed E-state index contributed by atoms with van der Waals surface area (Å²) < 4.78 is 0. The van der Waals surface area contributed by atoms with Crippen LogP contribution in [0.1, 0.15) is 33.4 Å². The molecule has 0 fully saturated rings. The average Bonchev–Trinajstić information content (AvgIpc) is 2.93. The fourth-order valence-corrected chi connectivity index (χ4v) is 2.35. The third kappa shape index (κ3) is 3.72. The average molecular weight is 274 g/mol. The van der Waals surface area contributed by atoms with Crippen molar-refractivity contribution in [2.24, 2.45) is 0 Å². The molecule has 5 heteroatoms. The van der Waals surface area contributed by atoms with E-state index in [1.165, 1.54) is 11.3 Å². The van der Waals surface area contributed by atoms with Gasteiger partial charge in [-0.2, -0.15) is 0 Å². The first-order chi connectivity index (χ1) is 9.16. The zero-order chi connectivity index (χ0) is 13.7. The molecule has 2 aromatic rings. The first-order valence-electron chi connectivity index (χ1n) is 5.94. The summed E-state index contributed by atoms with van der Waals surface area (Å²) in [6, 6.07) is 6.73. The number of amides is 1. The number of hydrogen-bond donors (Lipinski definition) is 1. The Morgan fingerprint density at radius 2 is 2.05 bits per heavy atom. The van der Waals surface area contributed by atoms with Crippen molar-refractivity contribution in [2.45, 2.75) is 19.4 Å². The molecule has 0 aliphatic rings. The number of thiophene rings is 1. The Morgan fingerprint density at radius 1 is 1.32 bits per heavy atom. The molecule has 0 radical (unpaired) electrons. The molecule has 4 nitrogen and oxygen atoms in total. The summed E-state index contributed by atoms with van der Waals surface area (Å²) in [4.78, 5) is 28.3. The lowest BCUT2D eigenvalue weighted by Gasteiger charge is -2.12. The second-order valence-electron chi connectivity index (χ2n) is 4.21. The molecule has 0 saturated carbocycles. The van der Waals surface area contributed by atoms with E-state index >= 15 is 0 Å². The van der Waals surface area contributed by atoms with Crippen LogP contribution in [0.15, 0.2) is 42.0 Å². The molecule has 1 N–H and O–H groups in total. The van der Waals surface area contributed by atoms with E-state index in [-0.39, 0.29) is 17.7 Å². The number of ketones is 1. The van der Waals surface area contributed by atoms with Crippen molar-refractivity contribution in [1.82, 2.24) is 10.3 Å². The zero-order valence-electron chi connectivity index (χ0n) is 10.5. The number of nitrogens with zero attached hydrogens (tertiary/aromatic N) is 1. The standard InChI is InChI=1S/C14H14N2O2S/c1-10(9-12(17)13-3-2-8-19-13)16-14(18)11-4-6-15-7-5-11/h2-8,10H,9H2,1H3,(H,16,18)/t10-/m0/s1. The second-order valence-corrected chi connectivity index (χ2v) is 5.16. The number of hydrogen-bond acceptors (Lipinski definition) is 4. The van der Waals surface area contributed by atoms with Crippen LogP contribution < -0.4 is 5.32 Å². The van der Waals surface area contributed by atoms with Crippen LogP contribution in [0.5, 0.6) is 0 Å². The Labute approximate surface area is 115 Å². The molecular weight excluding hydrogens is 260 g/mol. The number of carbonyl (C=O) groups is 2. The lowest BCUT2D eigenvalue weighted by Crippen LogP contribution is -2.34. The van der Waals surface area contributed by atoms with Crippen molar-refractivity contribution in [3.63, 3.8) is 0 Å². The van der Waals surface area contributed by atoms with Crippen LogP contribution >= 0.6 is 11.3 Å². The molecule has 0 aromatic carbocycles. The van der Waals surface area contributed by atoms with E-state index in [4.69, 9.17) is 0 Å². The molecule has 1 atom stereocenters. The maximum absolute atomic E-state index is 11.9. The summed E-state index contributed by atoms with van der Waals surface area (Å²) in [5, 5.41) is 4.67. The van der Waals surface area contributed by atoms with E-state index < -0.39 is 0 Å². The molecule has 0 aliphatic heterocycles. The largest absolute Gasteiger partial charge is 0.349 e. The van der Waals surface area contributed by atoms with Crippen molar-refractivity contribution in [3.05, 3.63) is 52.5 Å². The summed E-state index contributed by atoms with van der Waals surface area (Å²) in [5.74, 6) is -0.133. The molecule has 0 spiro atoms. The second kappa shape index (κ2) is 6.24. The van der Waals surface area contributed by atoms with Crippen LogP contribution in [0.2, 0.25) is 0 Å². The summed E-state index contributed by atoms with van der Waals surface area (Å²) in [7, 11) is 0. The first-order valence-corrected chi connectivity index (χ1v) is 6.82. The molecule has 98 valence electrons. The van der Waals surface area contributed by atoms with E-state index in [1.807, 2.05) is 18.4 Å². The van der Waals surface area contributed by atoms with Gasteiger partial charge in [0.25, 0.3) is 5.91 Å². The highest BCUT2D eigenvalue weighted by Gasteiger charge is 2.14. The number of aromatic nitrogens is 1. The van der Waals surface area contributed by atoms with Crippen molar-refractivity contribution < 1.29 is 9.59 Å². The number of pyridine rings is 1. The molecular formula is C14H14N2O2S. The van der Waals surface area contributed by atoms with Gasteiger partial charge in [-0.3, -0.25) is 14.6 Å². The molecule has 19 heavy (non-hydrogen) atoms. The van der Waals surface area contributed by atoms with Crippen LogP contribution in [0, 0.1) is 0 Å². The fourth-order valence-electron chi connectivity index (χ4n) is 1.68. The third-order valence-electron chi connectivity index (χ3n) is 2.61. The molecule has 2 heterocycles. The topological polar surface area (TPSA) is 59.1 Å². The maximum Gasteiger partial charge on any atom is 0.251 e. The molecule has 0 unspecified atom stereocenters. The van der Waals surface area contributed by atoms with Crippen molar-refractivity contribution in [3.8, 4) is 0 Å². The Bertz CT molecular complexity index is 552. The van der Waals surface area contributed by atoms with Gasteiger partial charge in [0.2, 0.25) is 0 Å². The van der Waals surface area contributed by atoms with E-state index in [9.17, 15) is 9.59 Å². The van der Waals surface area contributed by atoms with Crippen LogP contribution in [-0.2, 0) is 0 Å². The Morgan fingerprint density at radius 3 is 2.68 bits per heavy atom. The number of carbonyl (C=O) groups excluding carboxylic acids is 2. The number of rotatable bonds is 5. The van der Waals surface area contributed by atoms with Crippen LogP contribution in [0.25, 0.3) is 0 Å². The van der Waals surface area contributed by atoms with Gasteiger partial charge in [-0.1, -0.05) is 6.07 Å². The predicted octanol–water partition coefficient (Wildman–Crippen LogP) is 2.53. The van der Waals surface area contributed by atoms with Gasteiger partial charge in [0.15, 0.2) is 5.78 Å². The van der Waals surface area contributed by atoms with Crippen molar-refractivity contribution >= 4 is 23.0 Å². The van der Waals surface area contributed by atoms with E-state index in [2.05, 4.69) is 10.3 Å². The third-order valence-corrected chi connectivity index (χ3v) is 3.52. The normalized spacial score (nSPS) is 11.8. The summed E-state index contributed by atoms with van der Waals surface area (Å²) in [6.07, 6.45) is 3.43. The van der Waals surface area contributed by atoms with Gasteiger partial charge >= 0.3 is 0 Å². The highest BCUT2D eigenvalue weighted by atomic mass is 32.1. The molecule has 0 bridgehead atoms. The predicted molar refractivity (Wildman–Crippen MR) is 74.4 cm³/mol. The Balaban J connectivity index is 1.90. The zero-order valence-corrected chi connectivity index (χ0v) is 11.3. The van der Waals surface area contributed by atoms with Crippen LogP contribution in [0.3, 0.4) is 0 Å². The first kappa shape index (κ1) is 13.4. The SMILES string of the molecule is C[C@@H](CC(=O)c1cccs1)NC(=O)c1ccncc1. The highest BCUT2D eigenvalue weighted by molar-refractivity contribution is 7.12. The highest BCUT2D eigenvalue weighted by Crippen LogP contribution is 2.12. The van der Waals surface area contributed by atoms with E-state index in [0.717, 1.165) is 4.88 Å². The van der Waals surface area contributed by atoms with Gasteiger partial charge in [-0.15, -0.1) is 11.3 Å². The van der Waals surface area contributed by atoms with Crippen LogP contribution in [0.4, 0.5) is 0 Å². The minimum Gasteiger partial charge on any atom is -0.349 e. The smallest absolute Gasteiger partial charge is 0.251 e. The van der Waals surface area contributed by atoms with Gasteiger partial charge in [0.1, 0.15) is 0 Å². The lowest BCUT2D eigenvalue weighted by atomic mass is 10.1. The molecule has 0 aliphatic carbocycles. The quantitative estimate of drug-likeness (QED) is 0.852. The van der Waals surface area contributed by atoms with Crippen molar-refractivity contribution in [2.75, 3.05) is 0 Å². The Kier molecular flexibility index (Phi) is 4.41. The molecule has 2 aromatic heterocycles. The minimum atomic E-state index is -0.199. The summed E-state index contributed by atoms with van der Waals surface area (Å²) in [6.45, 7) is 1.82. The Hall–Kier alpha value is -2.01. The van der Waals surface area contributed by atoms with E-state index in [1.54, 1.807) is 30.6 Å². The van der Waals surface area contributed by atoms with Gasteiger partial charge in [-0.05, 0) is 30.5 Å². The van der Waals surface area contributed by atoms with Gasteiger partial charge < -0.3 is 5.32 Å². The monoisotopic (exact) mass is 274 g/mol. The number of nitrogens with one attached hydrogen (secondary N) is 1.